The number of carboxylic acid groups (broad SMARTS) is 2. The molecule has 0 spiro atoms. The number of carboxylic acids is 2. The van der Waals surface area contributed by atoms with E-state index in [4.69, 9.17) is 15.8 Å². The highest BCUT2D eigenvalue weighted by Gasteiger charge is 2.54. The molecule has 206 valence electrons. The van der Waals surface area contributed by atoms with Crippen molar-refractivity contribution in [2.75, 3.05) is 11.5 Å². The number of rotatable bonds is 9. The summed E-state index contributed by atoms with van der Waals surface area (Å²) in [6.07, 6.45) is 3.29. The zero-order valence-corrected chi connectivity index (χ0v) is 22.7. The molecule has 2 amide bonds. The van der Waals surface area contributed by atoms with E-state index in [1.807, 2.05) is 6.07 Å². The normalized spacial score (nSPS) is 19.1. The number of β-lactam (4-membered cyclic amide) rings is 1. The molecule has 2 aliphatic rings. The number of aromatic nitrogens is 1. The van der Waals surface area contributed by atoms with Gasteiger partial charge in [-0.3, -0.25) is 14.5 Å². The van der Waals surface area contributed by atoms with Crippen molar-refractivity contribution < 1.29 is 34.2 Å². The molecule has 5 N–H and O–H groups in total. The van der Waals surface area contributed by atoms with Gasteiger partial charge in [0.1, 0.15) is 22.8 Å². The summed E-state index contributed by atoms with van der Waals surface area (Å²) in [4.78, 5) is 60.0. The van der Waals surface area contributed by atoms with E-state index in [1.165, 1.54) is 31.0 Å². The van der Waals surface area contributed by atoms with Crippen LogP contribution in [0, 0.1) is 11.3 Å². The number of benzene rings is 1. The lowest BCUT2D eigenvalue weighted by Crippen LogP contribution is -2.71. The maximum absolute atomic E-state index is 13.2. The summed E-state index contributed by atoms with van der Waals surface area (Å²) in [7, 11) is 0. The third-order valence-electron chi connectivity index (χ3n) is 5.86. The smallest absolute Gasteiger partial charge is 0.352 e. The molecule has 1 aromatic heterocycles. The maximum Gasteiger partial charge on any atom is 0.352 e. The first-order chi connectivity index (χ1) is 18.9. The van der Waals surface area contributed by atoms with Gasteiger partial charge in [0, 0.05) is 11.1 Å². The molecule has 40 heavy (non-hydrogen) atoms. The number of nitrogens with one attached hydrogen (secondary N) is 1. The van der Waals surface area contributed by atoms with Gasteiger partial charge in [0.15, 0.2) is 10.8 Å². The fraction of sp³-hybridized carbons (Fsp3) is 0.240. The Morgan fingerprint density at radius 2 is 1.98 bits per heavy atom. The van der Waals surface area contributed by atoms with Crippen LogP contribution in [0.25, 0.3) is 6.08 Å². The van der Waals surface area contributed by atoms with Crippen LogP contribution in [-0.4, -0.2) is 72.3 Å². The second-order valence-electron chi connectivity index (χ2n) is 9.02. The third-order valence-corrected chi connectivity index (χ3v) is 7.84. The lowest BCUT2D eigenvalue weighted by atomic mass is 10.0. The summed E-state index contributed by atoms with van der Waals surface area (Å²) in [5.74, 6) is -3.90. The SMILES string of the molecule is CC(C)(O/N=C(/C(=O)NC1C(=O)N2C(C(=O)O)=C(/C=C/c3ccc(C#N)cc3)CSC12)c1csc(N)n1)C(=O)O. The van der Waals surface area contributed by atoms with E-state index < -0.39 is 46.5 Å². The summed E-state index contributed by atoms with van der Waals surface area (Å²) in [5.41, 5.74) is 4.96. The molecular formula is C25H22N6O7S2. The molecule has 15 heteroatoms. The number of anilines is 1. The van der Waals surface area contributed by atoms with Crippen LogP contribution in [0.4, 0.5) is 5.13 Å². The zero-order valence-electron chi connectivity index (χ0n) is 21.0. The number of allylic oxidation sites excluding steroid dienone is 1. The van der Waals surface area contributed by atoms with E-state index in [0.29, 0.717) is 11.1 Å². The fourth-order valence-electron chi connectivity index (χ4n) is 3.65. The molecule has 4 rings (SSSR count). The Kier molecular flexibility index (Phi) is 7.93. The van der Waals surface area contributed by atoms with Crippen LogP contribution in [0.5, 0.6) is 0 Å². The molecule has 2 aromatic rings. The van der Waals surface area contributed by atoms with E-state index in [0.717, 1.165) is 21.8 Å². The summed E-state index contributed by atoms with van der Waals surface area (Å²) >= 11 is 2.28. The first kappa shape index (κ1) is 28.3. The maximum atomic E-state index is 13.2. The standard InChI is InChI=1S/C25H22N6O7S2/c1-25(2,23(36)37)38-30-16(15-11-40-24(27)28-15)19(32)29-17-20(33)31-18(22(34)35)14(10-39-21(17)31)8-7-12-3-5-13(9-26)6-4-12/h3-8,11,17,21H,10H2,1-2H3,(H2,27,28)(H,29,32)(H,34,35)(H,36,37)/b8-7+,30-16+. The summed E-state index contributed by atoms with van der Waals surface area (Å²) in [5, 5.41) is 35.2. The minimum atomic E-state index is -1.77. The van der Waals surface area contributed by atoms with Crippen molar-refractivity contribution in [3.8, 4) is 6.07 Å². The summed E-state index contributed by atoms with van der Waals surface area (Å²) in [6.45, 7) is 2.48. The topological polar surface area (TPSA) is 208 Å². The van der Waals surface area contributed by atoms with Gasteiger partial charge >= 0.3 is 11.9 Å². The molecule has 1 saturated heterocycles. The van der Waals surface area contributed by atoms with Gasteiger partial charge in [-0.2, -0.15) is 5.26 Å². The van der Waals surface area contributed by atoms with Gasteiger partial charge < -0.3 is 26.1 Å². The van der Waals surface area contributed by atoms with Gasteiger partial charge in [-0.25, -0.2) is 14.6 Å². The Hall–Kier alpha value is -4.68. The number of amides is 2. The van der Waals surface area contributed by atoms with Crippen LogP contribution in [-0.2, 0) is 24.0 Å². The number of nitriles is 1. The van der Waals surface area contributed by atoms with Crippen molar-refractivity contribution in [2.24, 2.45) is 5.16 Å². The van der Waals surface area contributed by atoms with E-state index in [2.05, 4.69) is 15.5 Å². The molecular weight excluding hydrogens is 560 g/mol. The largest absolute Gasteiger partial charge is 0.478 e. The van der Waals surface area contributed by atoms with Gasteiger partial charge in [-0.05, 0) is 37.1 Å². The number of hydrogen-bond donors (Lipinski definition) is 4. The van der Waals surface area contributed by atoms with E-state index in [1.54, 1.807) is 36.4 Å². The molecule has 0 radical (unpaired) electrons. The highest BCUT2D eigenvalue weighted by Crippen LogP contribution is 2.41. The number of thioether (sulfide) groups is 1. The summed E-state index contributed by atoms with van der Waals surface area (Å²) < 4.78 is 0. The molecule has 0 aliphatic carbocycles. The van der Waals surface area contributed by atoms with Crippen LogP contribution in [0.3, 0.4) is 0 Å². The molecule has 1 fully saturated rings. The van der Waals surface area contributed by atoms with Gasteiger partial charge in [-0.15, -0.1) is 23.1 Å². The number of nitrogen functional groups attached to an aromatic ring is 1. The molecule has 1 aromatic carbocycles. The van der Waals surface area contributed by atoms with Crippen molar-refractivity contribution in [1.82, 2.24) is 15.2 Å². The molecule has 0 bridgehead atoms. The van der Waals surface area contributed by atoms with Crippen molar-refractivity contribution in [3.05, 3.63) is 63.8 Å². The molecule has 3 heterocycles. The predicted octanol–water partition coefficient (Wildman–Crippen LogP) is 1.63. The monoisotopic (exact) mass is 582 g/mol. The number of hydrogen-bond acceptors (Lipinski definition) is 11. The lowest BCUT2D eigenvalue weighted by molar-refractivity contribution is -0.161. The first-order valence-electron chi connectivity index (χ1n) is 11.5. The van der Waals surface area contributed by atoms with E-state index in [-0.39, 0.29) is 22.3 Å². The molecule has 13 nitrogen and oxygen atoms in total. The Morgan fingerprint density at radius 3 is 2.55 bits per heavy atom. The number of oxime groups is 1. The van der Waals surface area contributed by atoms with Gasteiger partial charge in [0.25, 0.3) is 11.8 Å². The quantitative estimate of drug-likeness (QED) is 0.190. The Labute approximate surface area is 235 Å². The first-order valence-corrected chi connectivity index (χ1v) is 13.5. The number of nitrogens with two attached hydrogens (primary N) is 1. The van der Waals surface area contributed by atoms with E-state index >= 15 is 0 Å². The van der Waals surface area contributed by atoms with Crippen molar-refractivity contribution in [1.29, 1.82) is 5.26 Å². The molecule has 2 atom stereocenters. The number of fused-ring (bicyclic) bond motifs is 1. The van der Waals surface area contributed by atoms with Crippen LogP contribution >= 0.6 is 23.1 Å². The highest BCUT2D eigenvalue weighted by atomic mass is 32.2. The highest BCUT2D eigenvalue weighted by molar-refractivity contribution is 8.00. The Balaban J connectivity index is 1.54. The Bertz CT molecular complexity index is 1520. The average Bonchev–Trinajstić information content (AvgIpc) is 3.35. The predicted molar refractivity (Wildman–Crippen MR) is 146 cm³/mol. The lowest BCUT2D eigenvalue weighted by Gasteiger charge is -2.49. The van der Waals surface area contributed by atoms with Gasteiger partial charge in [-0.1, -0.05) is 29.4 Å². The minimum absolute atomic E-state index is 0.0162. The number of carbonyl (C=O) groups is 4. The van der Waals surface area contributed by atoms with Gasteiger partial charge in [0.2, 0.25) is 5.60 Å². The van der Waals surface area contributed by atoms with Gasteiger partial charge in [0.05, 0.1) is 11.6 Å². The zero-order chi connectivity index (χ0) is 29.2. The van der Waals surface area contributed by atoms with Crippen molar-refractivity contribution >= 4 is 63.8 Å². The van der Waals surface area contributed by atoms with Crippen LogP contribution in [0.1, 0.15) is 30.7 Å². The van der Waals surface area contributed by atoms with Crippen molar-refractivity contribution in [3.63, 3.8) is 0 Å². The average molecular weight is 583 g/mol. The fourth-order valence-corrected chi connectivity index (χ4v) is 5.51. The Morgan fingerprint density at radius 1 is 1.27 bits per heavy atom. The molecule has 0 saturated carbocycles. The number of carbonyl (C=O) groups excluding carboxylic acids is 2. The minimum Gasteiger partial charge on any atom is -0.478 e. The number of nitrogens with zero attached hydrogens (tertiary/aromatic N) is 4. The second-order valence-corrected chi connectivity index (χ2v) is 11.0. The third kappa shape index (κ3) is 5.67. The van der Waals surface area contributed by atoms with Crippen molar-refractivity contribution in [2.45, 2.75) is 30.9 Å². The number of thiazole rings is 1. The second kappa shape index (κ2) is 11.2. The molecule has 2 unspecified atom stereocenters. The van der Waals surface area contributed by atoms with E-state index in [9.17, 15) is 29.4 Å². The van der Waals surface area contributed by atoms with Crippen LogP contribution in [0.15, 0.2) is 52.1 Å². The molecule has 2 aliphatic heterocycles. The summed E-state index contributed by atoms with van der Waals surface area (Å²) in [6, 6.07) is 7.64. The number of aliphatic carboxylic acids is 2. The van der Waals surface area contributed by atoms with Crippen LogP contribution in [0.2, 0.25) is 0 Å². The van der Waals surface area contributed by atoms with Crippen LogP contribution < -0.4 is 11.1 Å².